The second kappa shape index (κ2) is 11.1. The Kier molecular flexibility index (Phi) is 7.94. The summed E-state index contributed by atoms with van der Waals surface area (Å²) in [6.07, 6.45) is 5.01. The van der Waals surface area contributed by atoms with Gasteiger partial charge in [-0.15, -0.1) is 0 Å². The first-order valence-electron chi connectivity index (χ1n) is 10.0. The fourth-order valence-electron chi connectivity index (χ4n) is 2.95. The molecule has 0 unspecified atom stereocenters. The quantitative estimate of drug-likeness (QED) is 0.252. The molecule has 2 aliphatic rings. The molecule has 0 bridgehead atoms. The topological polar surface area (TPSA) is 95.9 Å². The fourth-order valence-corrected chi connectivity index (χ4v) is 3.93. The Morgan fingerprint density at radius 3 is 1.64 bits per heavy atom. The number of aromatic hydroxyl groups is 2. The molecular weight excluding hydrogens is 438 g/mol. The summed E-state index contributed by atoms with van der Waals surface area (Å²) in [6, 6.07) is 19.6. The van der Waals surface area contributed by atoms with Gasteiger partial charge in [0, 0.05) is 15.4 Å². The highest BCUT2D eigenvalue weighted by Crippen LogP contribution is 2.43. The number of methoxy groups -OCH3 is 1. The lowest BCUT2D eigenvalue weighted by atomic mass is 10.2. The second-order valence-corrected chi connectivity index (χ2v) is 8.04. The molecule has 0 aromatic heterocycles. The van der Waals surface area contributed by atoms with Gasteiger partial charge in [-0.2, -0.15) is 0 Å². The maximum Gasteiger partial charge on any atom is 0.178 e. The van der Waals surface area contributed by atoms with Gasteiger partial charge in [0.2, 0.25) is 0 Å². The third-order valence-electron chi connectivity index (χ3n) is 4.65. The molecule has 33 heavy (non-hydrogen) atoms. The van der Waals surface area contributed by atoms with Crippen molar-refractivity contribution in [2.24, 2.45) is 0 Å². The minimum Gasteiger partial charge on any atom is -0.508 e. The third kappa shape index (κ3) is 6.27. The van der Waals surface area contributed by atoms with Gasteiger partial charge in [-0.3, -0.25) is 9.59 Å². The van der Waals surface area contributed by atoms with E-state index in [2.05, 4.69) is 53.8 Å². The zero-order valence-corrected chi connectivity index (χ0v) is 18.9. The highest BCUT2D eigenvalue weighted by molar-refractivity contribution is 7.99. The number of para-hydroxylation sites is 2. The SMILES string of the molecule is COc1c(O)ccc(O)c1C.O=C1C=CC(=O)C=C1.c1ccc2c(c1)Nc1ccccc1S2. The lowest BCUT2D eigenvalue weighted by Gasteiger charge is -2.19. The van der Waals surface area contributed by atoms with Crippen LogP contribution in [0.4, 0.5) is 11.4 Å². The smallest absolute Gasteiger partial charge is 0.178 e. The number of nitrogens with one attached hydrogen (secondary N) is 1. The van der Waals surface area contributed by atoms with Crippen molar-refractivity contribution in [3.05, 3.63) is 90.5 Å². The maximum absolute atomic E-state index is 10.3. The van der Waals surface area contributed by atoms with Crippen molar-refractivity contribution >= 4 is 34.7 Å². The number of ether oxygens (including phenoxy) is 1. The maximum atomic E-state index is 10.3. The summed E-state index contributed by atoms with van der Waals surface area (Å²) in [4.78, 5) is 23.2. The number of benzene rings is 3. The van der Waals surface area contributed by atoms with Gasteiger partial charge < -0.3 is 20.3 Å². The molecule has 3 aromatic rings. The summed E-state index contributed by atoms with van der Waals surface area (Å²) >= 11 is 1.82. The molecule has 3 N–H and O–H groups in total. The summed E-state index contributed by atoms with van der Waals surface area (Å²) < 4.78 is 4.85. The van der Waals surface area contributed by atoms with E-state index in [9.17, 15) is 14.7 Å². The summed E-state index contributed by atoms with van der Waals surface area (Å²) in [5.41, 5.74) is 2.96. The number of ketones is 2. The molecule has 5 rings (SSSR count). The van der Waals surface area contributed by atoms with Crippen LogP contribution in [0.15, 0.2) is 94.8 Å². The van der Waals surface area contributed by atoms with Crippen LogP contribution in [-0.2, 0) is 9.59 Å². The molecule has 0 spiro atoms. The van der Waals surface area contributed by atoms with Crippen molar-refractivity contribution in [2.45, 2.75) is 16.7 Å². The first-order chi connectivity index (χ1) is 15.9. The third-order valence-corrected chi connectivity index (χ3v) is 5.80. The van der Waals surface area contributed by atoms with Gasteiger partial charge in [0.15, 0.2) is 23.1 Å². The van der Waals surface area contributed by atoms with E-state index in [0.717, 1.165) is 0 Å². The monoisotopic (exact) mass is 461 g/mol. The van der Waals surface area contributed by atoms with E-state index in [1.807, 2.05) is 11.8 Å². The lowest BCUT2D eigenvalue weighted by Crippen LogP contribution is -1.98. The van der Waals surface area contributed by atoms with Crippen LogP contribution >= 0.6 is 11.8 Å². The van der Waals surface area contributed by atoms with Crippen LogP contribution in [0.3, 0.4) is 0 Å². The first-order valence-corrected chi connectivity index (χ1v) is 10.8. The van der Waals surface area contributed by atoms with Gasteiger partial charge in [0.25, 0.3) is 0 Å². The van der Waals surface area contributed by atoms with E-state index in [-0.39, 0.29) is 23.1 Å². The zero-order chi connectivity index (χ0) is 23.8. The Balaban J connectivity index is 0.000000145. The van der Waals surface area contributed by atoms with Crippen LogP contribution in [0.1, 0.15) is 5.56 Å². The fraction of sp³-hybridized carbons (Fsp3) is 0.0769. The molecule has 0 saturated heterocycles. The van der Waals surface area contributed by atoms with E-state index in [1.165, 1.54) is 64.7 Å². The Bertz CT molecular complexity index is 1110. The normalized spacial score (nSPS) is 12.8. The summed E-state index contributed by atoms with van der Waals surface area (Å²) in [5.74, 6) is 0.252. The molecule has 0 saturated carbocycles. The van der Waals surface area contributed by atoms with Crippen LogP contribution in [0.2, 0.25) is 0 Å². The average Bonchev–Trinajstić information content (AvgIpc) is 2.83. The van der Waals surface area contributed by atoms with E-state index < -0.39 is 0 Å². The molecule has 0 fully saturated rings. The standard InChI is InChI=1S/C12H9NS.C8H10O3.C6H4O2/c1-3-7-11-9(5-1)13-10-6-2-4-8-12(10)14-11;1-5-6(9)3-4-7(10)8(5)11-2;7-5-1-2-6(8)4-3-5/h1-8,13H;3-4,9-10H,1-2H3;1-4H. The zero-order valence-electron chi connectivity index (χ0n) is 18.1. The predicted molar refractivity (Wildman–Crippen MR) is 130 cm³/mol. The highest BCUT2D eigenvalue weighted by atomic mass is 32.2. The summed E-state index contributed by atoms with van der Waals surface area (Å²) in [5, 5.41) is 21.8. The van der Waals surface area contributed by atoms with Gasteiger partial charge in [-0.1, -0.05) is 36.0 Å². The molecular formula is C26H23NO5S. The largest absolute Gasteiger partial charge is 0.508 e. The molecule has 0 radical (unpaired) electrons. The Morgan fingerprint density at radius 1 is 0.727 bits per heavy atom. The number of carbonyl (C=O) groups excluding carboxylic acids is 2. The number of hydrogen-bond donors (Lipinski definition) is 3. The van der Waals surface area contributed by atoms with Gasteiger partial charge in [0.05, 0.1) is 18.5 Å². The van der Waals surface area contributed by atoms with Gasteiger partial charge in [-0.05, 0) is 67.6 Å². The van der Waals surface area contributed by atoms with Crippen molar-refractivity contribution < 1.29 is 24.5 Å². The van der Waals surface area contributed by atoms with E-state index in [0.29, 0.717) is 11.3 Å². The van der Waals surface area contributed by atoms with Gasteiger partial charge >= 0.3 is 0 Å². The minimum atomic E-state index is -0.121. The molecule has 7 heteroatoms. The predicted octanol–water partition coefficient (Wildman–Crippen LogP) is 5.56. The van der Waals surface area contributed by atoms with Crippen molar-refractivity contribution in [1.29, 1.82) is 0 Å². The van der Waals surface area contributed by atoms with Gasteiger partial charge in [0.1, 0.15) is 5.75 Å². The molecule has 1 aliphatic carbocycles. The van der Waals surface area contributed by atoms with Gasteiger partial charge in [-0.25, -0.2) is 0 Å². The number of fused-ring (bicyclic) bond motifs is 2. The van der Waals surface area contributed by atoms with Crippen LogP contribution in [0.25, 0.3) is 0 Å². The number of hydrogen-bond acceptors (Lipinski definition) is 7. The van der Waals surface area contributed by atoms with Crippen molar-refractivity contribution in [3.63, 3.8) is 0 Å². The summed E-state index contributed by atoms with van der Waals surface area (Å²) in [6.45, 7) is 1.67. The molecule has 6 nitrogen and oxygen atoms in total. The second-order valence-electron chi connectivity index (χ2n) is 6.95. The van der Waals surface area contributed by atoms with Crippen LogP contribution in [-0.4, -0.2) is 28.9 Å². The lowest BCUT2D eigenvalue weighted by molar-refractivity contribution is -0.113. The number of anilines is 2. The highest BCUT2D eigenvalue weighted by Gasteiger charge is 2.13. The Morgan fingerprint density at radius 2 is 1.18 bits per heavy atom. The number of phenolic OH excluding ortho intramolecular Hbond substituents is 2. The van der Waals surface area contributed by atoms with Crippen molar-refractivity contribution in [1.82, 2.24) is 0 Å². The number of rotatable bonds is 1. The number of allylic oxidation sites excluding steroid dienone is 4. The molecule has 1 heterocycles. The molecule has 1 aliphatic heterocycles. The average molecular weight is 462 g/mol. The Labute approximate surface area is 196 Å². The molecule has 3 aromatic carbocycles. The van der Waals surface area contributed by atoms with Crippen molar-refractivity contribution in [2.75, 3.05) is 12.4 Å². The molecule has 0 amide bonds. The van der Waals surface area contributed by atoms with E-state index in [4.69, 9.17) is 9.84 Å². The number of phenols is 2. The first kappa shape index (κ1) is 23.7. The minimum absolute atomic E-state index is 0.0443. The van der Waals surface area contributed by atoms with Crippen molar-refractivity contribution in [3.8, 4) is 17.2 Å². The van der Waals surface area contributed by atoms with E-state index >= 15 is 0 Å². The molecule has 168 valence electrons. The molecule has 0 atom stereocenters. The van der Waals surface area contributed by atoms with E-state index in [1.54, 1.807) is 6.92 Å². The number of carbonyl (C=O) groups is 2. The van der Waals surface area contributed by atoms with Crippen LogP contribution in [0, 0.1) is 6.92 Å². The summed E-state index contributed by atoms with van der Waals surface area (Å²) in [7, 11) is 1.45. The Hall–Kier alpha value is -3.97. The van der Waals surface area contributed by atoms with Crippen LogP contribution < -0.4 is 10.1 Å². The van der Waals surface area contributed by atoms with Crippen LogP contribution in [0.5, 0.6) is 17.2 Å².